The van der Waals surface area contributed by atoms with Crippen LogP contribution in [0.1, 0.15) is 28.5 Å². The monoisotopic (exact) mass is 289 g/mol. The van der Waals surface area contributed by atoms with Crippen molar-refractivity contribution in [1.82, 2.24) is 5.32 Å². The molecule has 2 heterocycles. The minimum Gasteiger partial charge on any atom is -0.459 e. The first-order chi connectivity index (χ1) is 9.67. The van der Waals surface area contributed by atoms with Crippen LogP contribution >= 0.6 is 11.3 Å². The van der Waals surface area contributed by atoms with Crippen LogP contribution in [0.4, 0.5) is 4.39 Å². The van der Waals surface area contributed by atoms with E-state index in [2.05, 4.69) is 31.3 Å². The highest BCUT2D eigenvalue weighted by molar-refractivity contribution is 7.12. The molecule has 1 atom stereocenters. The second kappa shape index (κ2) is 5.38. The molecule has 0 saturated heterocycles. The van der Waals surface area contributed by atoms with Gasteiger partial charge < -0.3 is 9.73 Å². The molecule has 0 radical (unpaired) electrons. The number of rotatable bonds is 4. The molecule has 4 heteroatoms. The van der Waals surface area contributed by atoms with Gasteiger partial charge in [0.1, 0.15) is 23.2 Å². The normalized spacial score (nSPS) is 12.9. The Morgan fingerprint density at radius 3 is 2.80 bits per heavy atom. The molecule has 0 spiro atoms. The van der Waals surface area contributed by atoms with E-state index in [9.17, 15) is 4.39 Å². The summed E-state index contributed by atoms with van der Waals surface area (Å²) in [6.45, 7) is 4.99. The van der Waals surface area contributed by atoms with Crippen molar-refractivity contribution in [2.75, 3.05) is 6.54 Å². The summed E-state index contributed by atoms with van der Waals surface area (Å²) < 4.78 is 19.1. The molecule has 0 amide bonds. The molecule has 0 aliphatic heterocycles. The maximum absolute atomic E-state index is 13.3. The lowest BCUT2D eigenvalue weighted by molar-refractivity contribution is 0.481. The molecule has 104 valence electrons. The molecular formula is C16H16FNOS. The summed E-state index contributed by atoms with van der Waals surface area (Å²) in [6.07, 6.45) is 0. The summed E-state index contributed by atoms with van der Waals surface area (Å²) >= 11 is 1.75. The molecule has 0 fully saturated rings. The van der Waals surface area contributed by atoms with Gasteiger partial charge in [-0.05, 0) is 49.9 Å². The first-order valence-corrected chi connectivity index (χ1v) is 7.47. The van der Waals surface area contributed by atoms with E-state index in [1.807, 2.05) is 6.07 Å². The van der Waals surface area contributed by atoms with Crippen molar-refractivity contribution in [3.63, 3.8) is 0 Å². The molecule has 2 aromatic heterocycles. The van der Waals surface area contributed by atoms with Crippen molar-refractivity contribution in [3.8, 4) is 0 Å². The molecule has 1 aromatic carbocycles. The van der Waals surface area contributed by atoms with Crippen molar-refractivity contribution in [2.45, 2.75) is 19.9 Å². The van der Waals surface area contributed by atoms with Crippen LogP contribution in [0.25, 0.3) is 11.0 Å². The van der Waals surface area contributed by atoms with E-state index < -0.39 is 0 Å². The van der Waals surface area contributed by atoms with Crippen LogP contribution in [0.5, 0.6) is 0 Å². The molecular weight excluding hydrogens is 273 g/mol. The highest BCUT2D eigenvalue weighted by atomic mass is 32.1. The first-order valence-electron chi connectivity index (χ1n) is 6.66. The second-order valence-corrected chi connectivity index (χ2v) is 6.09. The van der Waals surface area contributed by atoms with Gasteiger partial charge in [-0.1, -0.05) is 6.92 Å². The summed E-state index contributed by atoms with van der Waals surface area (Å²) in [7, 11) is 0. The number of hydrogen-bond donors (Lipinski definition) is 1. The Morgan fingerprint density at radius 1 is 1.25 bits per heavy atom. The number of benzene rings is 1. The number of fused-ring (bicyclic) bond motifs is 1. The summed E-state index contributed by atoms with van der Waals surface area (Å²) in [5, 5.41) is 4.23. The van der Waals surface area contributed by atoms with E-state index in [0.29, 0.717) is 0 Å². The van der Waals surface area contributed by atoms with E-state index in [1.165, 1.54) is 21.9 Å². The predicted octanol–water partition coefficient (Wildman–Crippen LogP) is 4.64. The van der Waals surface area contributed by atoms with Gasteiger partial charge in [0.05, 0.1) is 0 Å². The molecule has 0 aliphatic carbocycles. The van der Waals surface area contributed by atoms with Gasteiger partial charge in [-0.3, -0.25) is 0 Å². The van der Waals surface area contributed by atoms with E-state index in [0.717, 1.165) is 23.3 Å². The van der Waals surface area contributed by atoms with Crippen molar-refractivity contribution in [2.24, 2.45) is 0 Å². The molecule has 0 saturated carbocycles. The van der Waals surface area contributed by atoms with Gasteiger partial charge in [0, 0.05) is 15.1 Å². The fourth-order valence-electron chi connectivity index (χ4n) is 2.33. The third-order valence-corrected chi connectivity index (χ3v) is 4.30. The van der Waals surface area contributed by atoms with Gasteiger partial charge in [-0.25, -0.2) is 4.39 Å². The number of hydrogen-bond acceptors (Lipinski definition) is 3. The van der Waals surface area contributed by atoms with Crippen molar-refractivity contribution in [1.29, 1.82) is 0 Å². The molecule has 0 aliphatic rings. The molecule has 2 nitrogen and oxygen atoms in total. The van der Waals surface area contributed by atoms with Gasteiger partial charge in [0.15, 0.2) is 0 Å². The number of thiophene rings is 1. The van der Waals surface area contributed by atoms with Crippen LogP contribution in [-0.2, 0) is 0 Å². The van der Waals surface area contributed by atoms with Crippen LogP contribution in [0.3, 0.4) is 0 Å². The fraction of sp³-hybridized carbons (Fsp3) is 0.250. The number of furan rings is 1. The zero-order valence-corrected chi connectivity index (χ0v) is 12.3. The van der Waals surface area contributed by atoms with Gasteiger partial charge in [-0.15, -0.1) is 11.3 Å². The van der Waals surface area contributed by atoms with E-state index >= 15 is 0 Å². The Hall–Kier alpha value is -1.65. The number of aryl methyl sites for hydroxylation is 1. The molecule has 1 N–H and O–H groups in total. The van der Waals surface area contributed by atoms with Crippen LogP contribution in [0, 0.1) is 12.7 Å². The Labute approximate surface area is 121 Å². The Balaban J connectivity index is 2.04. The van der Waals surface area contributed by atoms with Crippen LogP contribution in [0.2, 0.25) is 0 Å². The molecule has 20 heavy (non-hydrogen) atoms. The molecule has 3 aromatic rings. The van der Waals surface area contributed by atoms with Gasteiger partial charge in [-0.2, -0.15) is 0 Å². The van der Waals surface area contributed by atoms with Crippen molar-refractivity contribution in [3.05, 3.63) is 57.7 Å². The SMILES string of the molecule is CCNC(c1cc2cc(F)ccc2o1)c1ccc(C)s1. The highest BCUT2D eigenvalue weighted by Crippen LogP contribution is 2.32. The van der Waals surface area contributed by atoms with Crippen LogP contribution in [0.15, 0.2) is 40.8 Å². The summed E-state index contributed by atoms with van der Waals surface area (Å²) in [5.41, 5.74) is 0.720. The molecule has 0 bridgehead atoms. The fourth-order valence-corrected chi connectivity index (χ4v) is 3.29. The quantitative estimate of drug-likeness (QED) is 0.757. The third-order valence-electron chi connectivity index (χ3n) is 3.24. The zero-order valence-electron chi connectivity index (χ0n) is 11.4. The second-order valence-electron chi connectivity index (χ2n) is 4.77. The minimum atomic E-state index is -0.239. The van der Waals surface area contributed by atoms with Crippen LogP contribution in [-0.4, -0.2) is 6.54 Å². The maximum atomic E-state index is 13.3. The van der Waals surface area contributed by atoms with E-state index in [1.54, 1.807) is 17.4 Å². The summed E-state index contributed by atoms with van der Waals surface area (Å²) in [4.78, 5) is 2.48. The molecule has 1 unspecified atom stereocenters. The minimum absolute atomic E-state index is 0.0224. The number of halogens is 1. The lowest BCUT2D eigenvalue weighted by atomic mass is 10.1. The van der Waals surface area contributed by atoms with Gasteiger partial charge >= 0.3 is 0 Å². The topological polar surface area (TPSA) is 25.2 Å². The summed E-state index contributed by atoms with van der Waals surface area (Å²) in [6, 6.07) is 10.8. The van der Waals surface area contributed by atoms with Crippen molar-refractivity contribution < 1.29 is 8.81 Å². The highest BCUT2D eigenvalue weighted by Gasteiger charge is 2.19. The van der Waals surface area contributed by atoms with Gasteiger partial charge in [0.25, 0.3) is 0 Å². The smallest absolute Gasteiger partial charge is 0.134 e. The number of nitrogens with one attached hydrogen (secondary N) is 1. The Bertz CT molecular complexity index is 731. The van der Waals surface area contributed by atoms with E-state index in [-0.39, 0.29) is 11.9 Å². The van der Waals surface area contributed by atoms with Crippen molar-refractivity contribution >= 4 is 22.3 Å². The third kappa shape index (κ3) is 2.49. The zero-order chi connectivity index (χ0) is 14.1. The Kier molecular flexibility index (Phi) is 3.59. The largest absolute Gasteiger partial charge is 0.459 e. The average Bonchev–Trinajstić information content (AvgIpc) is 3.01. The lowest BCUT2D eigenvalue weighted by Crippen LogP contribution is -2.20. The summed E-state index contributed by atoms with van der Waals surface area (Å²) in [5.74, 6) is 0.589. The van der Waals surface area contributed by atoms with E-state index in [4.69, 9.17) is 4.42 Å². The van der Waals surface area contributed by atoms with Gasteiger partial charge in [0.2, 0.25) is 0 Å². The Morgan fingerprint density at radius 2 is 2.10 bits per heavy atom. The van der Waals surface area contributed by atoms with Crippen LogP contribution < -0.4 is 5.32 Å². The average molecular weight is 289 g/mol. The lowest BCUT2D eigenvalue weighted by Gasteiger charge is -2.13. The standard InChI is InChI=1S/C16H16FNOS/c1-3-18-16(15-7-4-10(2)20-15)14-9-11-8-12(17)5-6-13(11)19-14/h4-9,16,18H,3H2,1-2H3. The molecule has 3 rings (SSSR count). The first kappa shape index (κ1) is 13.3. The maximum Gasteiger partial charge on any atom is 0.134 e. The predicted molar refractivity (Wildman–Crippen MR) is 80.7 cm³/mol.